The number of benzene rings is 1. The Morgan fingerprint density at radius 3 is 2.67 bits per heavy atom. The minimum atomic E-state index is -0.919. The fourth-order valence-electron chi connectivity index (χ4n) is 2.50. The maximum absolute atomic E-state index is 13.6. The summed E-state index contributed by atoms with van der Waals surface area (Å²) in [6.07, 6.45) is 2.02. The molecule has 1 aliphatic heterocycles. The van der Waals surface area contributed by atoms with Crippen molar-refractivity contribution in [2.24, 2.45) is 0 Å². The van der Waals surface area contributed by atoms with Crippen LogP contribution in [0.25, 0.3) is 0 Å². The third kappa shape index (κ3) is 5.74. The molecule has 0 spiro atoms. The third-order valence-corrected chi connectivity index (χ3v) is 4.11. The molecule has 8 heteroatoms. The molecule has 1 saturated heterocycles. The molecule has 0 aromatic heterocycles. The van der Waals surface area contributed by atoms with E-state index in [0.717, 1.165) is 38.5 Å². The molecule has 132 valence electrons. The van der Waals surface area contributed by atoms with Gasteiger partial charge >= 0.3 is 11.8 Å². The summed E-state index contributed by atoms with van der Waals surface area (Å²) in [4.78, 5) is 25.6. The Bertz CT molecular complexity index is 592. The van der Waals surface area contributed by atoms with Gasteiger partial charge in [-0.2, -0.15) is 0 Å². The van der Waals surface area contributed by atoms with E-state index in [-0.39, 0.29) is 16.8 Å². The van der Waals surface area contributed by atoms with E-state index in [4.69, 9.17) is 11.6 Å². The van der Waals surface area contributed by atoms with Crippen LogP contribution in [0.3, 0.4) is 0 Å². The number of hydrogen-bond acceptors (Lipinski definition) is 4. The zero-order chi connectivity index (χ0) is 17.5. The molecule has 0 radical (unpaired) electrons. The summed E-state index contributed by atoms with van der Waals surface area (Å²) >= 11 is 5.62. The van der Waals surface area contributed by atoms with E-state index < -0.39 is 17.6 Å². The van der Waals surface area contributed by atoms with Gasteiger partial charge in [-0.1, -0.05) is 11.6 Å². The summed E-state index contributed by atoms with van der Waals surface area (Å²) in [7, 11) is 0. The number of anilines is 1. The molecule has 1 fully saturated rings. The average Bonchev–Trinajstić information content (AvgIpc) is 2.55. The number of aliphatic hydroxyl groups excluding tert-OH is 1. The lowest BCUT2D eigenvalue weighted by Crippen LogP contribution is -2.39. The number of aliphatic hydroxyl groups is 1. The van der Waals surface area contributed by atoms with Gasteiger partial charge in [0.15, 0.2) is 0 Å². The summed E-state index contributed by atoms with van der Waals surface area (Å²) in [6.45, 7) is 2.83. The Labute approximate surface area is 145 Å². The second-order valence-electron chi connectivity index (χ2n) is 5.76. The highest BCUT2D eigenvalue weighted by molar-refractivity contribution is 6.39. The molecule has 1 heterocycles. The van der Waals surface area contributed by atoms with Crippen LogP contribution in [0.1, 0.15) is 19.3 Å². The molecule has 3 N–H and O–H groups in total. The normalized spacial score (nSPS) is 16.0. The van der Waals surface area contributed by atoms with Crippen molar-refractivity contribution in [2.75, 3.05) is 31.5 Å². The van der Waals surface area contributed by atoms with E-state index in [0.29, 0.717) is 13.0 Å². The lowest BCUT2D eigenvalue weighted by atomic mass is 10.1. The number of nitrogens with one attached hydrogen (secondary N) is 2. The molecule has 1 aromatic rings. The van der Waals surface area contributed by atoms with Crippen LogP contribution in [-0.2, 0) is 9.59 Å². The Hall–Kier alpha value is -1.70. The SMILES string of the molecule is O=C(NCCCN1CCC(O)CC1)C(=O)Nc1ccc(Cl)cc1F. The van der Waals surface area contributed by atoms with E-state index in [1.807, 2.05) is 0 Å². The smallest absolute Gasteiger partial charge is 0.313 e. The highest BCUT2D eigenvalue weighted by Crippen LogP contribution is 2.18. The fraction of sp³-hybridized carbons (Fsp3) is 0.500. The lowest BCUT2D eigenvalue weighted by molar-refractivity contribution is -0.136. The number of rotatable bonds is 5. The second kappa shape index (κ2) is 8.96. The number of nitrogens with zero attached hydrogens (tertiary/aromatic N) is 1. The number of carbonyl (C=O) groups excluding carboxylic acids is 2. The van der Waals surface area contributed by atoms with Crippen molar-refractivity contribution in [1.29, 1.82) is 0 Å². The number of amides is 2. The van der Waals surface area contributed by atoms with Gasteiger partial charge in [-0.15, -0.1) is 0 Å². The summed E-state index contributed by atoms with van der Waals surface area (Å²) < 4.78 is 13.6. The fourth-order valence-corrected chi connectivity index (χ4v) is 2.66. The van der Waals surface area contributed by atoms with Gasteiger partial charge < -0.3 is 20.6 Å². The molecule has 0 unspecified atom stereocenters. The Kier molecular flexibility index (Phi) is 6.96. The molecule has 0 atom stereocenters. The first kappa shape index (κ1) is 18.6. The lowest BCUT2D eigenvalue weighted by Gasteiger charge is -2.29. The molecule has 1 aliphatic rings. The summed E-state index contributed by atoms with van der Waals surface area (Å²) in [5, 5.41) is 14.4. The van der Waals surface area contributed by atoms with Gasteiger partial charge in [-0.3, -0.25) is 9.59 Å². The summed E-state index contributed by atoms with van der Waals surface area (Å²) in [5.41, 5.74) is -0.0913. The summed E-state index contributed by atoms with van der Waals surface area (Å²) in [5.74, 6) is -2.42. The first-order valence-electron chi connectivity index (χ1n) is 7.90. The first-order chi connectivity index (χ1) is 11.5. The van der Waals surface area contributed by atoms with Crippen molar-refractivity contribution < 1.29 is 19.1 Å². The summed E-state index contributed by atoms with van der Waals surface area (Å²) in [6, 6.07) is 3.78. The number of carbonyl (C=O) groups is 2. The van der Waals surface area contributed by atoms with Crippen LogP contribution in [0.4, 0.5) is 10.1 Å². The van der Waals surface area contributed by atoms with E-state index in [1.165, 1.54) is 12.1 Å². The highest BCUT2D eigenvalue weighted by atomic mass is 35.5. The molecule has 0 saturated carbocycles. The zero-order valence-electron chi connectivity index (χ0n) is 13.2. The van der Waals surface area contributed by atoms with E-state index in [2.05, 4.69) is 15.5 Å². The van der Waals surface area contributed by atoms with Crippen molar-refractivity contribution in [3.05, 3.63) is 29.0 Å². The quantitative estimate of drug-likeness (QED) is 0.549. The molecular formula is C16H21ClFN3O3. The molecular weight excluding hydrogens is 337 g/mol. The maximum Gasteiger partial charge on any atom is 0.313 e. The highest BCUT2D eigenvalue weighted by Gasteiger charge is 2.17. The number of piperidine rings is 1. The second-order valence-corrected chi connectivity index (χ2v) is 6.20. The Morgan fingerprint density at radius 1 is 1.29 bits per heavy atom. The van der Waals surface area contributed by atoms with Gasteiger partial charge in [0, 0.05) is 24.7 Å². The average molecular weight is 358 g/mol. The largest absolute Gasteiger partial charge is 0.393 e. The molecule has 0 aliphatic carbocycles. The van der Waals surface area contributed by atoms with Gasteiger partial charge in [-0.25, -0.2) is 4.39 Å². The van der Waals surface area contributed by atoms with Crippen molar-refractivity contribution >= 4 is 29.1 Å². The number of halogens is 2. The van der Waals surface area contributed by atoms with Crippen LogP contribution >= 0.6 is 11.6 Å². The van der Waals surface area contributed by atoms with Crippen molar-refractivity contribution in [3.8, 4) is 0 Å². The Balaban J connectivity index is 1.67. The molecule has 1 aromatic carbocycles. The van der Waals surface area contributed by atoms with Crippen molar-refractivity contribution in [2.45, 2.75) is 25.4 Å². The maximum atomic E-state index is 13.6. The van der Waals surface area contributed by atoms with Crippen molar-refractivity contribution in [3.63, 3.8) is 0 Å². The number of hydrogen-bond donors (Lipinski definition) is 3. The number of likely N-dealkylation sites (tertiary alicyclic amines) is 1. The molecule has 6 nitrogen and oxygen atoms in total. The predicted molar refractivity (Wildman–Crippen MR) is 89.3 cm³/mol. The first-order valence-corrected chi connectivity index (χ1v) is 8.28. The zero-order valence-corrected chi connectivity index (χ0v) is 14.0. The molecule has 2 amide bonds. The molecule has 0 bridgehead atoms. The minimum Gasteiger partial charge on any atom is -0.393 e. The molecule has 2 rings (SSSR count). The topological polar surface area (TPSA) is 81.7 Å². The van der Waals surface area contributed by atoms with E-state index in [9.17, 15) is 19.1 Å². The van der Waals surface area contributed by atoms with Crippen LogP contribution < -0.4 is 10.6 Å². The van der Waals surface area contributed by atoms with Crippen LogP contribution in [-0.4, -0.2) is 54.1 Å². The predicted octanol–water partition coefficient (Wildman–Crippen LogP) is 1.38. The Morgan fingerprint density at radius 2 is 2.00 bits per heavy atom. The van der Waals surface area contributed by atoms with E-state index in [1.54, 1.807) is 0 Å². The van der Waals surface area contributed by atoms with E-state index >= 15 is 0 Å². The van der Waals surface area contributed by atoms with Gasteiger partial charge in [0.25, 0.3) is 0 Å². The van der Waals surface area contributed by atoms with Crippen LogP contribution in [0.5, 0.6) is 0 Å². The van der Waals surface area contributed by atoms with Crippen molar-refractivity contribution in [1.82, 2.24) is 10.2 Å². The van der Waals surface area contributed by atoms with Crippen LogP contribution in [0.15, 0.2) is 18.2 Å². The van der Waals surface area contributed by atoms with Gasteiger partial charge in [-0.05, 0) is 44.0 Å². The molecule has 24 heavy (non-hydrogen) atoms. The van der Waals surface area contributed by atoms with Gasteiger partial charge in [0.1, 0.15) is 5.82 Å². The standard InChI is InChI=1S/C16H21ClFN3O3/c17-11-2-3-14(13(18)10-11)20-16(24)15(23)19-6-1-7-21-8-4-12(22)5-9-21/h2-3,10,12,22H,1,4-9H2,(H,19,23)(H,20,24). The minimum absolute atomic E-state index is 0.0913. The van der Waals surface area contributed by atoms with Crippen LogP contribution in [0, 0.1) is 5.82 Å². The van der Waals surface area contributed by atoms with Crippen LogP contribution in [0.2, 0.25) is 5.02 Å². The third-order valence-electron chi connectivity index (χ3n) is 3.88. The van der Waals surface area contributed by atoms with Gasteiger partial charge in [0.2, 0.25) is 0 Å². The monoisotopic (exact) mass is 357 g/mol. The van der Waals surface area contributed by atoms with Gasteiger partial charge in [0.05, 0.1) is 11.8 Å².